The van der Waals surface area contributed by atoms with Crippen molar-refractivity contribution in [3.8, 4) is 0 Å². The summed E-state index contributed by atoms with van der Waals surface area (Å²) in [5, 5.41) is 2.92. The minimum absolute atomic E-state index is 0.125. The molecule has 1 amide bonds. The van der Waals surface area contributed by atoms with E-state index in [1.54, 1.807) is 43.1 Å². The topological polar surface area (TPSA) is 97.6 Å². The number of carbonyl (C=O) groups excluding carboxylic acids is 1. The van der Waals surface area contributed by atoms with Crippen LogP contribution in [-0.2, 0) is 19.6 Å². The first-order valence-corrected chi connectivity index (χ1v) is 12.2. The number of hydrogen-bond acceptors (Lipinski definition) is 6. The number of methoxy groups -OCH3 is 1. The third kappa shape index (κ3) is 7.18. The number of benzene rings is 1. The average Bonchev–Trinajstić information content (AvgIpc) is 3.15. The Morgan fingerprint density at radius 1 is 1.17 bits per heavy atom. The van der Waals surface area contributed by atoms with Crippen LogP contribution in [0.3, 0.4) is 0 Å². The summed E-state index contributed by atoms with van der Waals surface area (Å²) in [5.41, 5.74) is 0. The Morgan fingerprint density at radius 3 is 2.48 bits per heavy atom. The second kappa shape index (κ2) is 11.4. The van der Waals surface area contributed by atoms with E-state index in [1.807, 2.05) is 19.2 Å². The van der Waals surface area contributed by atoms with Gasteiger partial charge in [0, 0.05) is 13.7 Å². The number of furan rings is 1. The molecule has 0 saturated carbocycles. The number of hydrogen-bond donors (Lipinski definition) is 2. The van der Waals surface area contributed by atoms with Crippen molar-refractivity contribution in [1.82, 2.24) is 10.0 Å². The lowest BCUT2D eigenvalue weighted by Gasteiger charge is -2.22. The summed E-state index contributed by atoms with van der Waals surface area (Å²) in [6.45, 7) is 2.25. The van der Waals surface area contributed by atoms with E-state index in [0.29, 0.717) is 31.0 Å². The van der Waals surface area contributed by atoms with Crippen molar-refractivity contribution in [3.05, 3.63) is 54.0 Å². The fourth-order valence-electron chi connectivity index (χ4n) is 2.77. The standard InChI is InChI=1S/C20H28N2O5S2/c1-15-9-10-19(27-15)17(11-13-26-2)21-20(23)18(12-14-28-3)22-29(24,25)16-7-5-4-6-8-16/h4-10,17-18,22H,11-14H2,1-3H3,(H,21,23)/t17-,18-/m1/s1. The number of aryl methyl sites for hydroxylation is 1. The molecule has 160 valence electrons. The van der Waals surface area contributed by atoms with Gasteiger partial charge in [0.1, 0.15) is 17.6 Å². The molecular formula is C20H28N2O5S2. The highest BCUT2D eigenvalue weighted by atomic mass is 32.2. The Labute approximate surface area is 176 Å². The molecule has 0 fully saturated rings. The maximum atomic E-state index is 13.0. The van der Waals surface area contributed by atoms with Crippen LogP contribution in [0.5, 0.6) is 0 Å². The largest absolute Gasteiger partial charge is 0.464 e. The van der Waals surface area contributed by atoms with Gasteiger partial charge in [-0.15, -0.1) is 0 Å². The van der Waals surface area contributed by atoms with Crippen LogP contribution in [0.25, 0.3) is 0 Å². The Bertz CT molecular complexity index is 868. The molecule has 1 aromatic heterocycles. The van der Waals surface area contributed by atoms with Gasteiger partial charge in [0.15, 0.2) is 0 Å². The lowest BCUT2D eigenvalue weighted by atomic mass is 10.1. The molecule has 0 radical (unpaired) electrons. The van der Waals surface area contributed by atoms with Gasteiger partial charge in [-0.1, -0.05) is 18.2 Å². The van der Waals surface area contributed by atoms with E-state index in [-0.39, 0.29) is 4.90 Å². The SMILES string of the molecule is COCC[C@@H](NC(=O)[C@@H](CCSC)NS(=O)(=O)c1ccccc1)c1ccc(C)o1. The van der Waals surface area contributed by atoms with Gasteiger partial charge in [-0.05, 0) is 56.0 Å². The zero-order valence-corrected chi connectivity index (χ0v) is 18.5. The molecule has 7 nitrogen and oxygen atoms in total. The van der Waals surface area contributed by atoms with Gasteiger partial charge >= 0.3 is 0 Å². The zero-order chi connectivity index (χ0) is 21.3. The molecule has 0 saturated heterocycles. The number of nitrogens with one attached hydrogen (secondary N) is 2. The first kappa shape index (κ1) is 23.5. The molecule has 2 rings (SSSR count). The highest BCUT2D eigenvalue weighted by Gasteiger charge is 2.28. The van der Waals surface area contributed by atoms with Crippen LogP contribution in [0.2, 0.25) is 0 Å². The average molecular weight is 441 g/mol. The van der Waals surface area contributed by atoms with Crippen LogP contribution in [0.1, 0.15) is 30.4 Å². The maximum absolute atomic E-state index is 13.0. The maximum Gasteiger partial charge on any atom is 0.241 e. The van der Waals surface area contributed by atoms with Gasteiger partial charge in [-0.3, -0.25) is 4.79 Å². The molecule has 29 heavy (non-hydrogen) atoms. The van der Waals surface area contributed by atoms with Crippen LogP contribution in [0.4, 0.5) is 0 Å². The van der Waals surface area contributed by atoms with Crippen LogP contribution in [0.15, 0.2) is 51.8 Å². The molecular weight excluding hydrogens is 412 g/mol. The van der Waals surface area contributed by atoms with E-state index in [9.17, 15) is 13.2 Å². The minimum Gasteiger partial charge on any atom is -0.464 e. The predicted octanol–water partition coefficient (Wildman–Crippen LogP) is 2.88. The van der Waals surface area contributed by atoms with E-state index in [0.717, 1.165) is 5.76 Å². The molecule has 0 spiro atoms. The summed E-state index contributed by atoms with van der Waals surface area (Å²) in [6, 6.07) is 10.4. The van der Waals surface area contributed by atoms with E-state index in [1.165, 1.54) is 12.1 Å². The van der Waals surface area contributed by atoms with Crippen molar-refractivity contribution < 1.29 is 22.4 Å². The summed E-state index contributed by atoms with van der Waals surface area (Å²) in [4.78, 5) is 13.1. The van der Waals surface area contributed by atoms with Crippen molar-refractivity contribution >= 4 is 27.7 Å². The number of ether oxygens (including phenoxy) is 1. The second-order valence-corrected chi connectivity index (χ2v) is 9.26. The van der Waals surface area contributed by atoms with Crippen molar-refractivity contribution in [3.63, 3.8) is 0 Å². The van der Waals surface area contributed by atoms with Crippen molar-refractivity contribution in [2.24, 2.45) is 0 Å². The van der Waals surface area contributed by atoms with E-state index in [2.05, 4.69) is 10.0 Å². The van der Waals surface area contributed by atoms with Crippen LogP contribution in [0, 0.1) is 6.92 Å². The zero-order valence-electron chi connectivity index (χ0n) is 16.9. The van der Waals surface area contributed by atoms with Gasteiger partial charge < -0.3 is 14.5 Å². The fraction of sp³-hybridized carbons (Fsp3) is 0.450. The van der Waals surface area contributed by atoms with Gasteiger partial charge in [-0.25, -0.2) is 8.42 Å². The second-order valence-electron chi connectivity index (χ2n) is 6.56. The molecule has 0 aliphatic carbocycles. The summed E-state index contributed by atoms with van der Waals surface area (Å²) in [6.07, 6.45) is 2.79. The smallest absolute Gasteiger partial charge is 0.241 e. The van der Waals surface area contributed by atoms with Crippen molar-refractivity contribution in [1.29, 1.82) is 0 Å². The Hall–Kier alpha value is -1.81. The summed E-state index contributed by atoms with van der Waals surface area (Å²) in [7, 11) is -2.23. The molecule has 0 aliphatic rings. The van der Waals surface area contributed by atoms with Crippen molar-refractivity contribution in [2.45, 2.75) is 36.7 Å². The number of rotatable bonds is 12. The Kier molecular flexibility index (Phi) is 9.22. The van der Waals surface area contributed by atoms with Gasteiger partial charge in [0.05, 0.1) is 10.9 Å². The monoisotopic (exact) mass is 440 g/mol. The Balaban J connectivity index is 2.17. The molecule has 0 unspecified atom stereocenters. The lowest BCUT2D eigenvalue weighted by molar-refractivity contribution is -0.123. The minimum atomic E-state index is -3.82. The molecule has 1 aromatic carbocycles. The molecule has 2 N–H and O–H groups in total. The number of sulfonamides is 1. The molecule has 0 bridgehead atoms. The van der Waals surface area contributed by atoms with Gasteiger partial charge in [-0.2, -0.15) is 16.5 Å². The predicted molar refractivity (Wildman–Crippen MR) is 114 cm³/mol. The van der Waals surface area contributed by atoms with Crippen LogP contribution < -0.4 is 10.0 Å². The summed E-state index contributed by atoms with van der Waals surface area (Å²) in [5.74, 6) is 1.59. The third-order valence-electron chi connectivity index (χ3n) is 4.31. The quantitative estimate of drug-likeness (QED) is 0.527. The van der Waals surface area contributed by atoms with Crippen LogP contribution in [-0.4, -0.2) is 46.1 Å². The summed E-state index contributed by atoms with van der Waals surface area (Å²) < 4.78 is 38.8. The van der Waals surface area contributed by atoms with Crippen LogP contribution >= 0.6 is 11.8 Å². The number of thioether (sulfide) groups is 1. The molecule has 2 aromatic rings. The fourth-order valence-corrected chi connectivity index (χ4v) is 4.49. The molecule has 1 heterocycles. The van der Waals surface area contributed by atoms with E-state index >= 15 is 0 Å². The van der Waals surface area contributed by atoms with E-state index < -0.39 is 28.0 Å². The summed E-state index contributed by atoms with van der Waals surface area (Å²) >= 11 is 1.55. The number of amides is 1. The molecule has 2 atom stereocenters. The normalized spacial score (nSPS) is 13.8. The van der Waals surface area contributed by atoms with Gasteiger partial charge in [0.25, 0.3) is 0 Å². The van der Waals surface area contributed by atoms with Crippen molar-refractivity contribution in [2.75, 3.05) is 25.7 Å². The lowest BCUT2D eigenvalue weighted by Crippen LogP contribution is -2.48. The third-order valence-corrected chi connectivity index (χ3v) is 6.44. The highest BCUT2D eigenvalue weighted by Crippen LogP contribution is 2.20. The van der Waals surface area contributed by atoms with E-state index in [4.69, 9.17) is 9.15 Å². The highest BCUT2D eigenvalue weighted by molar-refractivity contribution is 7.98. The number of carbonyl (C=O) groups is 1. The van der Waals surface area contributed by atoms with Gasteiger partial charge in [0.2, 0.25) is 15.9 Å². The Morgan fingerprint density at radius 2 is 1.90 bits per heavy atom. The first-order chi connectivity index (χ1) is 13.9. The molecule has 9 heteroatoms. The first-order valence-electron chi connectivity index (χ1n) is 9.29. The molecule has 0 aliphatic heterocycles.